The molecule has 0 aliphatic carbocycles. The molecule has 0 fully saturated rings. The van der Waals surface area contributed by atoms with Crippen LogP contribution in [0.15, 0.2) is 42.5 Å². The van der Waals surface area contributed by atoms with Gasteiger partial charge in [-0.1, -0.05) is 29.3 Å². The van der Waals surface area contributed by atoms with Gasteiger partial charge in [0.25, 0.3) is 5.91 Å². The predicted octanol–water partition coefficient (Wildman–Crippen LogP) is 3.91. The van der Waals surface area contributed by atoms with Gasteiger partial charge in [0, 0.05) is 17.3 Å². The number of ether oxygens (including phenoxy) is 1. The van der Waals surface area contributed by atoms with E-state index in [0.29, 0.717) is 22.0 Å². The van der Waals surface area contributed by atoms with E-state index in [2.05, 4.69) is 5.32 Å². The standard InChI is InChI=1S/C15H14ClNO2/c1-10-3-5-11(6-4-10)15(18)17-12-7-8-13(16)14(9-12)19-2/h3-9H,1-2H3,(H,17,18). The molecular formula is C15H14ClNO2. The molecule has 2 rings (SSSR count). The van der Waals surface area contributed by atoms with Crippen molar-refractivity contribution in [3.63, 3.8) is 0 Å². The second-order valence-electron chi connectivity index (χ2n) is 4.17. The van der Waals surface area contributed by atoms with Crippen LogP contribution < -0.4 is 10.1 Å². The van der Waals surface area contributed by atoms with Gasteiger partial charge in [-0.25, -0.2) is 0 Å². The molecule has 1 N–H and O–H groups in total. The van der Waals surface area contributed by atoms with E-state index in [9.17, 15) is 4.79 Å². The van der Waals surface area contributed by atoms with Crippen molar-refractivity contribution in [2.75, 3.05) is 12.4 Å². The monoisotopic (exact) mass is 275 g/mol. The number of carbonyl (C=O) groups excluding carboxylic acids is 1. The lowest BCUT2D eigenvalue weighted by Crippen LogP contribution is -2.11. The van der Waals surface area contributed by atoms with Gasteiger partial charge >= 0.3 is 0 Å². The van der Waals surface area contributed by atoms with Crippen LogP contribution in [0.3, 0.4) is 0 Å². The first kappa shape index (κ1) is 13.4. The number of hydrogen-bond acceptors (Lipinski definition) is 2. The molecule has 0 aliphatic heterocycles. The average molecular weight is 276 g/mol. The molecule has 2 aromatic carbocycles. The third-order valence-corrected chi connectivity index (χ3v) is 3.03. The van der Waals surface area contributed by atoms with E-state index in [4.69, 9.17) is 16.3 Å². The zero-order valence-electron chi connectivity index (χ0n) is 10.7. The summed E-state index contributed by atoms with van der Waals surface area (Å²) >= 11 is 5.93. The van der Waals surface area contributed by atoms with Crippen molar-refractivity contribution in [3.05, 3.63) is 58.6 Å². The molecule has 0 bridgehead atoms. The van der Waals surface area contributed by atoms with E-state index < -0.39 is 0 Å². The summed E-state index contributed by atoms with van der Waals surface area (Å²) in [6.45, 7) is 1.98. The highest BCUT2D eigenvalue weighted by Crippen LogP contribution is 2.27. The highest BCUT2D eigenvalue weighted by atomic mass is 35.5. The number of hydrogen-bond donors (Lipinski definition) is 1. The van der Waals surface area contributed by atoms with Crippen LogP contribution in [-0.2, 0) is 0 Å². The minimum absolute atomic E-state index is 0.163. The van der Waals surface area contributed by atoms with E-state index in [0.717, 1.165) is 5.56 Å². The normalized spacial score (nSPS) is 10.1. The van der Waals surface area contributed by atoms with Crippen molar-refractivity contribution in [1.82, 2.24) is 0 Å². The Morgan fingerprint density at radius 2 is 1.84 bits per heavy atom. The van der Waals surface area contributed by atoms with Crippen LogP contribution in [0.4, 0.5) is 5.69 Å². The Morgan fingerprint density at radius 3 is 2.47 bits per heavy atom. The van der Waals surface area contributed by atoms with Crippen molar-refractivity contribution in [1.29, 1.82) is 0 Å². The lowest BCUT2D eigenvalue weighted by Gasteiger charge is -2.08. The molecule has 0 radical (unpaired) electrons. The molecule has 0 atom stereocenters. The second kappa shape index (κ2) is 5.76. The summed E-state index contributed by atoms with van der Waals surface area (Å²) in [7, 11) is 1.53. The van der Waals surface area contributed by atoms with Gasteiger partial charge in [0.15, 0.2) is 0 Å². The highest BCUT2D eigenvalue weighted by Gasteiger charge is 2.07. The molecule has 0 spiro atoms. The fourth-order valence-corrected chi connectivity index (χ4v) is 1.84. The van der Waals surface area contributed by atoms with Gasteiger partial charge in [-0.3, -0.25) is 4.79 Å². The van der Waals surface area contributed by atoms with Crippen LogP contribution in [0.25, 0.3) is 0 Å². The zero-order chi connectivity index (χ0) is 13.8. The first-order chi connectivity index (χ1) is 9.10. The van der Waals surface area contributed by atoms with Gasteiger partial charge in [-0.15, -0.1) is 0 Å². The van der Waals surface area contributed by atoms with Crippen molar-refractivity contribution >= 4 is 23.2 Å². The maximum absolute atomic E-state index is 12.0. The van der Waals surface area contributed by atoms with Crippen LogP contribution in [0.1, 0.15) is 15.9 Å². The molecule has 0 saturated carbocycles. The Bertz CT molecular complexity index is 594. The summed E-state index contributed by atoms with van der Waals surface area (Å²) in [5, 5.41) is 3.31. The smallest absolute Gasteiger partial charge is 0.255 e. The first-order valence-electron chi connectivity index (χ1n) is 5.81. The summed E-state index contributed by atoms with van der Waals surface area (Å²) in [6, 6.07) is 12.5. The molecule has 0 unspecified atom stereocenters. The van der Waals surface area contributed by atoms with E-state index in [1.807, 2.05) is 19.1 Å². The van der Waals surface area contributed by atoms with Crippen LogP contribution in [0.5, 0.6) is 5.75 Å². The van der Waals surface area contributed by atoms with E-state index in [1.54, 1.807) is 30.3 Å². The number of rotatable bonds is 3. The quantitative estimate of drug-likeness (QED) is 0.922. The number of carbonyl (C=O) groups is 1. The van der Waals surface area contributed by atoms with Gasteiger partial charge in [0.2, 0.25) is 0 Å². The summed E-state index contributed by atoms with van der Waals surface area (Å²) in [5.41, 5.74) is 2.37. The zero-order valence-corrected chi connectivity index (χ0v) is 11.5. The van der Waals surface area contributed by atoms with Gasteiger partial charge in [-0.2, -0.15) is 0 Å². The maximum Gasteiger partial charge on any atom is 0.255 e. The molecule has 0 heterocycles. The lowest BCUT2D eigenvalue weighted by molar-refractivity contribution is 0.102. The molecule has 98 valence electrons. The minimum atomic E-state index is -0.163. The van der Waals surface area contributed by atoms with Crippen LogP contribution in [0, 0.1) is 6.92 Å². The number of halogens is 1. The average Bonchev–Trinajstić information content (AvgIpc) is 2.41. The maximum atomic E-state index is 12.0. The Morgan fingerprint density at radius 1 is 1.16 bits per heavy atom. The molecular weight excluding hydrogens is 262 g/mol. The minimum Gasteiger partial charge on any atom is -0.495 e. The molecule has 2 aromatic rings. The van der Waals surface area contributed by atoms with E-state index in [1.165, 1.54) is 7.11 Å². The molecule has 0 saturated heterocycles. The number of amides is 1. The number of methoxy groups -OCH3 is 1. The van der Waals surface area contributed by atoms with Gasteiger partial charge in [0.05, 0.1) is 12.1 Å². The topological polar surface area (TPSA) is 38.3 Å². The second-order valence-corrected chi connectivity index (χ2v) is 4.58. The summed E-state index contributed by atoms with van der Waals surface area (Å²) in [5.74, 6) is 0.368. The lowest BCUT2D eigenvalue weighted by atomic mass is 10.1. The Hall–Kier alpha value is -2.00. The molecule has 19 heavy (non-hydrogen) atoms. The van der Waals surface area contributed by atoms with Crippen LogP contribution >= 0.6 is 11.6 Å². The predicted molar refractivity (Wildman–Crippen MR) is 77.1 cm³/mol. The van der Waals surface area contributed by atoms with E-state index in [-0.39, 0.29) is 5.91 Å². The number of benzene rings is 2. The SMILES string of the molecule is COc1cc(NC(=O)c2ccc(C)cc2)ccc1Cl. The first-order valence-corrected chi connectivity index (χ1v) is 6.19. The Kier molecular flexibility index (Phi) is 4.07. The summed E-state index contributed by atoms with van der Waals surface area (Å²) < 4.78 is 5.11. The molecule has 4 heteroatoms. The van der Waals surface area contributed by atoms with Crippen molar-refractivity contribution in [2.45, 2.75) is 6.92 Å². The van der Waals surface area contributed by atoms with Gasteiger partial charge in [-0.05, 0) is 31.2 Å². The highest BCUT2D eigenvalue weighted by molar-refractivity contribution is 6.32. The number of anilines is 1. The van der Waals surface area contributed by atoms with Crippen molar-refractivity contribution in [3.8, 4) is 5.75 Å². The van der Waals surface area contributed by atoms with Crippen LogP contribution in [0.2, 0.25) is 5.02 Å². The summed E-state index contributed by atoms with van der Waals surface area (Å²) in [6.07, 6.45) is 0. The van der Waals surface area contributed by atoms with Crippen molar-refractivity contribution in [2.24, 2.45) is 0 Å². The largest absolute Gasteiger partial charge is 0.495 e. The Labute approximate surface area is 117 Å². The molecule has 1 amide bonds. The molecule has 0 aromatic heterocycles. The fourth-order valence-electron chi connectivity index (χ4n) is 1.65. The van der Waals surface area contributed by atoms with Gasteiger partial charge < -0.3 is 10.1 Å². The fraction of sp³-hybridized carbons (Fsp3) is 0.133. The molecule has 3 nitrogen and oxygen atoms in total. The number of nitrogens with one attached hydrogen (secondary N) is 1. The van der Waals surface area contributed by atoms with Crippen molar-refractivity contribution < 1.29 is 9.53 Å². The van der Waals surface area contributed by atoms with Gasteiger partial charge in [0.1, 0.15) is 5.75 Å². The molecule has 0 aliphatic rings. The third-order valence-electron chi connectivity index (χ3n) is 2.72. The summed E-state index contributed by atoms with van der Waals surface area (Å²) in [4.78, 5) is 12.0. The Balaban J connectivity index is 2.17. The van der Waals surface area contributed by atoms with Crippen LogP contribution in [-0.4, -0.2) is 13.0 Å². The number of aryl methyl sites for hydroxylation is 1. The third kappa shape index (κ3) is 3.26. The van der Waals surface area contributed by atoms with E-state index >= 15 is 0 Å².